The third-order valence-corrected chi connectivity index (χ3v) is 2.51. The van der Waals surface area contributed by atoms with Crippen molar-refractivity contribution in [3.05, 3.63) is 48.2 Å². The van der Waals surface area contributed by atoms with Crippen LogP contribution in [0.25, 0.3) is 0 Å². The fraction of sp³-hybridized carbons (Fsp3) is 0.250. The van der Waals surface area contributed by atoms with E-state index in [0.29, 0.717) is 0 Å². The molecule has 0 radical (unpaired) electrons. The Morgan fingerprint density at radius 3 is 2.64 bits per heavy atom. The number of rotatable bonds is 2. The Labute approximate surface area is 83.8 Å². The van der Waals surface area contributed by atoms with Crippen molar-refractivity contribution in [2.45, 2.75) is 13.0 Å². The van der Waals surface area contributed by atoms with E-state index >= 15 is 0 Å². The van der Waals surface area contributed by atoms with E-state index in [1.807, 2.05) is 36.5 Å². The van der Waals surface area contributed by atoms with Gasteiger partial charge in [-0.1, -0.05) is 30.3 Å². The summed E-state index contributed by atoms with van der Waals surface area (Å²) in [6.07, 6.45) is 3.53. The zero-order valence-electron chi connectivity index (χ0n) is 8.18. The quantitative estimate of drug-likeness (QED) is 0.707. The van der Waals surface area contributed by atoms with Crippen LogP contribution in [0, 0.1) is 0 Å². The molecule has 0 bridgehead atoms. The normalized spacial score (nSPS) is 20.5. The average molecular weight is 187 g/mol. The minimum Gasteiger partial charge on any atom is -0.363 e. The van der Waals surface area contributed by atoms with Gasteiger partial charge < -0.3 is 4.90 Å². The van der Waals surface area contributed by atoms with Gasteiger partial charge in [-0.3, -0.25) is 4.79 Å². The van der Waals surface area contributed by atoms with Crippen LogP contribution < -0.4 is 0 Å². The Morgan fingerprint density at radius 1 is 1.29 bits per heavy atom. The summed E-state index contributed by atoms with van der Waals surface area (Å²) in [5, 5.41) is 0. The minimum atomic E-state index is -0.0961. The fourth-order valence-electron chi connectivity index (χ4n) is 1.79. The van der Waals surface area contributed by atoms with Crippen molar-refractivity contribution < 1.29 is 4.79 Å². The van der Waals surface area contributed by atoms with E-state index in [-0.39, 0.29) is 11.8 Å². The monoisotopic (exact) mass is 187 g/mol. The van der Waals surface area contributed by atoms with Crippen LogP contribution in [0.5, 0.6) is 0 Å². The standard InChI is InChI=1S/C12H13NO/c1-2-13-9-8-11(14)12(13)10-6-4-3-5-7-10/h3-9,12H,2H2,1H3. The highest BCUT2D eigenvalue weighted by Crippen LogP contribution is 2.26. The summed E-state index contributed by atoms with van der Waals surface area (Å²) in [6.45, 7) is 2.92. The number of likely N-dealkylation sites (N-methyl/N-ethyl adjacent to an activating group) is 1. The molecule has 1 heterocycles. The summed E-state index contributed by atoms with van der Waals surface area (Å²) in [5.74, 6) is 0.179. The third-order valence-electron chi connectivity index (χ3n) is 2.51. The lowest BCUT2D eigenvalue weighted by Gasteiger charge is -2.22. The van der Waals surface area contributed by atoms with Crippen LogP contribution in [0.15, 0.2) is 42.6 Å². The molecule has 0 N–H and O–H groups in total. The molecule has 0 aliphatic carbocycles. The molecule has 1 aliphatic heterocycles. The molecular weight excluding hydrogens is 174 g/mol. The van der Waals surface area contributed by atoms with Crippen LogP contribution in [0.4, 0.5) is 0 Å². The number of hydrogen-bond acceptors (Lipinski definition) is 2. The first-order valence-electron chi connectivity index (χ1n) is 4.85. The van der Waals surface area contributed by atoms with Crippen LogP contribution in [0.1, 0.15) is 18.5 Å². The van der Waals surface area contributed by atoms with Gasteiger partial charge in [0, 0.05) is 12.7 Å². The average Bonchev–Trinajstić information content (AvgIpc) is 2.61. The van der Waals surface area contributed by atoms with Gasteiger partial charge >= 0.3 is 0 Å². The molecular formula is C12H13NO. The maximum Gasteiger partial charge on any atom is 0.184 e. The molecule has 0 saturated heterocycles. The van der Waals surface area contributed by atoms with E-state index in [1.165, 1.54) is 0 Å². The third kappa shape index (κ3) is 1.43. The van der Waals surface area contributed by atoms with E-state index in [1.54, 1.807) is 6.08 Å². The second-order valence-electron chi connectivity index (χ2n) is 3.36. The smallest absolute Gasteiger partial charge is 0.184 e. The summed E-state index contributed by atoms with van der Waals surface area (Å²) in [4.78, 5) is 13.7. The van der Waals surface area contributed by atoms with Gasteiger partial charge in [0.2, 0.25) is 0 Å². The maximum absolute atomic E-state index is 11.6. The Kier molecular flexibility index (Phi) is 2.35. The van der Waals surface area contributed by atoms with Crippen LogP contribution in [0.3, 0.4) is 0 Å². The predicted octanol–water partition coefficient (Wildman–Crippen LogP) is 2.15. The Morgan fingerprint density at radius 2 is 2.00 bits per heavy atom. The van der Waals surface area contributed by atoms with Gasteiger partial charge in [-0.05, 0) is 18.6 Å². The molecule has 0 amide bonds. The first-order chi connectivity index (χ1) is 6.83. The molecule has 0 saturated carbocycles. The summed E-state index contributed by atoms with van der Waals surface area (Å²) in [7, 11) is 0. The summed E-state index contributed by atoms with van der Waals surface area (Å²) in [5.41, 5.74) is 1.07. The maximum atomic E-state index is 11.6. The van der Waals surface area contributed by atoms with Crippen molar-refractivity contribution in [1.29, 1.82) is 0 Å². The lowest BCUT2D eigenvalue weighted by atomic mass is 10.0. The van der Waals surface area contributed by atoms with Crippen molar-refractivity contribution in [3.63, 3.8) is 0 Å². The second kappa shape index (κ2) is 3.66. The van der Waals surface area contributed by atoms with Crippen molar-refractivity contribution >= 4 is 5.78 Å². The van der Waals surface area contributed by atoms with Crippen LogP contribution in [-0.4, -0.2) is 17.2 Å². The first-order valence-corrected chi connectivity index (χ1v) is 4.85. The molecule has 0 aromatic heterocycles. The molecule has 1 unspecified atom stereocenters. The topological polar surface area (TPSA) is 20.3 Å². The molecule has 1 atom stereocenters. The zero-order valence-corrected chi connectivity index (χ0v) is 8.18. The fourth-order valence-corrected chi connectivity index (χ4v) is 1.79. The predicted molar refractivity (Wildman–Crippen MR) is 55.7 cm³/mol. The zero-order chi connectivity index (χ0) is 9.97. The Balaban J connectivity index is 2.30. The van der Waals surface area contributed by atoms with Gasteiger partial charge in [-0.25, -0.2) is 0 Å². The van der Waals surface area contributed by atoms with E-state index in [0.717, 1.165) is 12.1 Å². The first kappa shape index (κ1) is 9.00. The van der Waals surface area contributed by atoms with Crippen molar-refractivity contribution in [1.82, 2.24) is 4.90 Å². The summed E-state index contributed by atoms with van der Waals surface area (Å²) < 4.78 is 0. The highest BCUT2D eigenvalue weighted by Gasteiger charge is 2.26. The Hall–Kier alpha value is -1.57. The molecule has 1 aliphatic rings. The van der Waals surface area contributed by atoms with E-state index in [2.05, 4.69) is 11.8 Å². The molecule has 0 fully saturated rings. The number of hydrogen-bond donors (Lipinski definition) is 0. The number of ketones is 1. The van der Waals surface area contributed by atoms with Crippen LogP contribution in [0.2, 0.25) is 0 Å². The molecule has 1 aromatic rings. The van der Waals surface area contributed by atoms with Gasteiger partial charge in [0.05, 0.1) is 0 Å². The number of nitrogens with zero attached hydrogens (tertiary/aromatic N) is 1. The molecule has 2 nitrogen and oxygen atoms in total. The largest absolute Gasteiger partial charge is 0.363 e. The van der Waals surface area contributed by atoms with E-state index in [4.69, 9.17) is 0 Å². The molecule has 72 valence electrons. The van der Waals surface area contributed by atoms with Gasteiger partial charge in [0.15, 0.2) is 5.78 Å². The second-order valence-corrected chi connectivity index (χ2v) is 3.36. The van der Waals surface area contributed by atoms with Gasteiger partial charge in [0.1, 0.15) is 6.04 Å². The van der Waals surface area contributed by atoms with Crippen molar-refractivity contribution in [3.8, 4) is 0 Å². The van der Waals surface area contributed by atoms with Gasteiger partial charge in [0.25, 0.3) is 0 Å². The highest BCUT2D eigenvalue weighted by molar-refractivity contribution is 5.97. The molecule has 0 spiro atoms. The van der Waals surface area contributed by atoms with Gasteiger partial charge in [-0.2, -0.15) is 0 Å². The van der Waals surface area contributed by atoms with Crippen molar-refractivity contribution in [2.75, 3.05) is 6.54 Å². The SMILES string of the molecule is CCN1C=CC(=O)C1c1ccccc1. The van der Waals surface area contributed by atoms with Crippen LogP contribution >= 0.6 is 0 Å². The highest BCUT2D eigenvalue weighted by atomic mass is 16.1. The molecule has 2 heteroatoms. The lowest BCUT2D eigenvalue weighted by Crippen LogP contribution is -2.23. The number of carbonyl (C=O) groups excluding carboxylic acids is 1. The molecule has 1 aromatic carbocycles. The van der Waals surface area contributed by atoms with Crippen LogP contribution in [-0.2, 0) is 4.79 Å². The molecule has 14 heavy (non-hydrogen) atoms. The summed E-state index contributed by atoms with van der Waals surface area (Å²) in [6, 6.07) is 9.80. The lowest BCUT2D eigenvalue weighted by molar-refractivity contribution is -0.117. The number of benzene rings is 1. The minimum absolute atomic E-state index is 0.0961. The van der Waals surface area contributed by atoms with Crippen molar-refractivity contribution in [2.24, 2.45) is 0 Å². The van der Waals surface area contributed by atoms with E-state index < -0.39 is 0 Å². The van der Waals surface area contributed by atoms with Gasteiger partial charge in [-0.15, -0.1) is 0 Å². The van der Waals surface area contributed by atoms with E-state index in [9.17, 15) is 4.79 Å². The molecule has 2 rings (SSSR count). The number of carbonyl (C=O) groups is 1. The Bertz CT molecular complexity index is 356. The summed E-state index contributed by atoms with van der Waals surface area (Å²) >= 11 is 0.